The topological polar surface area (TPSA) is 71.2 Å². The van der Waals surface area contributed by atoms with Gasteiger partial charge in [-0.2, -0.15) is 0 Å². The van der Waals surface area contributed by atoms with Gasteiger partial charge in [0.1, 0.15) is 0 Å². The van der Waals surface area contributed by atoms with E-state index in [2.05, 4.69) is 10.4 Å². The van der Waals surface area contributed by atoms with Crippen LogP contribution in [-0.2, 0) is 0 Å². The Hall–Kier alpha value is -1.62. The molecule has 0 aliphatic heterocycles. The maximum Gasteiger partial charge on any atom is 0.257 e. The molecular weight excluding hydrogens is 204 g/mol. The quantitative estimate of drug-likeness (QED) is 0.594. The van der Waals surface area contributed by atoms with Crippen LogP contribution >= 0.6 is 0 Å². The van der Waals surface area contributed by atoms with Crippen LogP contribution in [-0.4, -0.2) is 28.4 Å². The Bertz CT molecular complexity index is 365. The third-order valence-corrected chi connectivity index (χ3v) is 2.40. The zero-order valence-electron chi connectivity index (χ0n) is 9.90. The lowest BCUT2D eigenvalue weighted by molar-refractivity contribution is 0.0717. The molecule has 0 bridgehead atoms. The molecule has 1 aromatic rings. The Labute approximate surface area is 95.6 Å². The second-order valence-corrected chi connectivity index (χ2v) is 3.73. The zero-order valence-corrected chi connectivity index (χ0v) is 9.90. The number of nitrogens with two attached hydrogens (primary N) is 1. The number of carbonyl (C=O) groups is 1. The van der Waals surface area contributed by atoms with Gasteiger partial charge >= 0.3 is 0 Å². The fourth-order valence-corrected chi connectivity index (χ4v) is 1.59. The lowest BCUT2D eigenvalue weighted by Gasteiger charge is -2.25. The SMILES string of the molecule is CCN(C(=O)c1cccnc1NN)C(C)C. The summed E-state index contributed by atoms with van der Waals surface area (Å²) in [5, 5.41) is 0. The van der Waals surface area contributed by atoms with Gasteiger partial charge in [0.15, 0.2) is 5.82 Å². The van der Waals surface area contributed by atoms with Gasteiger partial charge in [0.05, 0.1) is 5.56 Å². The number of rotatable bonds is 4. The fourth-order valence-electron chi connectivity index (χ4n) is 1.59. The Morgan fingerprint density at radius 3 is 2.81 bits per heavy atom. The van der Waals surface area contributed by atoms with Crippen molar-refractivity contribution in [3.8, 4) is 0 Å². The van der Waals surface area contributed by atoms with Crippen molar-refractivity contribution in [2.45, 2.75) is 26.8 Å². The number of pyridine rings is 1. The molecule has 0 unspecified atom stereocenters. The molecule has 0 saturated carbocycles. The van der Waals surface area contributed by atoms with E-state index in [-0.39, 0.29) is 11.9 Å². The lowest BCUT2D eigenvalue weighted by atomic mass is 10.2. The summed E-state index contributed by atoms with van der Waals surface area (Å²) in [6.07, 6.45) is 1.59. The highest BCUT2D eigenvalue weighted by Gasteiger charge is 2.19. The van der Waals surface area contributed by atoms with E-state index in [4.69, 9.17) is 5.84 Å². The van der Waals surface area contributed by atoms with Crippen LogP contribution in [0.5, 0.6) is 0 Å². The summed E-state index contributed by atoms with van der Waals surface area (Å²) in [5.41, 5.74) is 2.94. The lowest BCUT2D eigenvalue weighted by Crippen LogP contribution is -2.37. The summed E-state index contributed by atoms with van der Waals surface area (Å²) in [6, 6.07) is 3.60. The number of hydrogen-bond donors (Lipinski definition) is 2. The van der Waals surface area contributed by atoms with Crippen molar-refractivity contribution in [2.24, 2.45) is 5.84 Å². The third kappa shape index (κ3) is 2.49. The summed E-state index contributed by atoms with van der Waals surface area (Å²) >= 11 is 0. The largest absolute Gasteiger partial charge is 0.336 e. The number of hydrazine groups is 1. The second-order valence-electron chi connectivity index (χ2n) is 3.73. The molecular formula is C11H18N4O. The van der Waals surface area contributed by atoms with Crippen LogP contribution in [0.3, 0.4) is 0 Å². The predicted octanol–water partition coefficient (Wildman–Crippen LogP) is 1.24. The van der Waals surface area contributed by atoms with Crippen LogP contribution < -0.4 is 11.3 Å². The summed E-state index contributed by atoms with van der Waals surface area (Å²) < 4.78 is 0. The molecule has 0 atom stereocenters. The molecule has 5 nitrogen and oxygen atoms in total. The van der Waals surface area contributed by atoms with E-state index in [1.807, 2.05) is 20.8 Å². The monoisotopic (exact) mass is 222 g/mol. The number of nitrogen functional groups attached to an aromatic ring is 1. The zero-order chi connectivity index (χ0) is 12.1. The molecule has 88 valence electrons. The molecule has 0 spiro atoms. The molecule has 0 aliphatic rings. The van der Waals surface area contributed by atoms with Crippen molar-refractivity contribution in [2.75, 3.05) is 12.0 Å². The van der Waals surface area contributed by atoms with E-state index < -0.39 is 0 Å². The maximum atomic E-state index is 12.2. The van der Waals surface area contributed by atoms with Gasteiger partial charge < -0.3 is 10.3 Å². The Balaban J connectivity index is 3.03. The normalized spacial score (nSPS) is 10.3. The first-order chi connectivity index (χ1) is 7.61. The van der Waals surface area contributed by atoms with Gasteiger partial charge in [-0.05, 0) is 32.9 Å². The van der Waals surface area contributed by atoms with Crippen LogP contribution in [0.25, 0.3) is 0 Å². The Kier molecular flexibility index (Phi) is 4.25. The van der Waals surface area contributed by atoms with Crippen molar-refractivity contribution in [1.29, 1.82) is 0 Å². The van der Waals surface area contributed by atoms with Gasteiger partial charge in [0.25, 0.3) is 5.91 Å². The molecule has 0 fully saturated rings. The molecule has 1 aromatic heterocycles. The van der Waals surface area contributed by atoms with Gasteiger partial charge in [-0.1, -0.05) is 0 Å². The molecule has 1 amide bonds. The van der Waals surface area contributed by atoms with Crippen molar-refractivity contribution in [3.05, 3.63) is 23.9 Å². The molecule has 1 heterocycles. The van der Waals surface area contributed by atoms with Crippen LogP contribution in [0.4, 0.5) is 5.82 Å². The summed E-state index contributed by atoms with van der Waals surface area (Å²) in [5.74, 6) is 5.67. The average Bonchev–Trinajstić information content (AvgIpc) is 2.29. The number of anilines is 1. The maximum absolute atomic E-state index is 12.2. The van der Waals surface area contributed by atoms with E-state index in [0.717, 1.165) is 0 Å². The molecule has 0 saturated heterocycles. The van der Waals surface area contributed by atoms with Crippen molar-refractivity contribution in [3.63, 3.8) is 0 Å². The smallest absolute Gasteiger partial charge is 0.257 e. The first kappa shape index (κ1) is 12.4. The number of aromatic nitrogens is 1. The van der Waals surface area contributed by atoms with Crippen molar-refractivity contribution < 1.29 is 4.79 Å². The van der Waals surface area contributed by atoms with Crippen molar-refractivity contribution >= 4 is 11.7 Å². The average molecular weight is 222 g/mol. The number of nitrogens with one attached hydrogen (secondary N) is 1. The van der Waals surface area contributed by atoms with E-state index in [9.17, 15) is 4.79 Å². The van der Waals surface area contributed by atoms with E-state index in [0.29, 0.717) is 17.9 Å². The van der Waals surface area contributed by atoms with Crippen LogP contribution in [0.2, 0.25) is 0 Å². The standard InChI is InChI=1S/C11H18N4O/c1-4-15(8(2)3)11(16)9-6-5-7-13-10(9)14-12/h5-8H,4,12H2,1-3H3,(H,13,14). The molecule has 0 radical (unpaired) electrons. The highest BCUT2D eigenvalue weighted by Crippen LogP contribution is 2.14. The summed E-state index contributed by atoms with van der Waals surface area (Å²) in [6.45, 7) is 6.57. The molecule has 5 heteroatoms. The van der Waals surface area contributed by atoms with E-state index >= 15 is 0 Å². The highest BCUT2D eigenvalue weighted by atomic mass is 16.2. The number of carbonyl (C=O) groups excluding carboxylic acids is 1. The first-order valence-electron chi connectivity index (χ1n) is 5.34. The third-order valence-electron chi connectivity index (χ3n) is 2.40. The van der Waals surface area contributed by atoms with Crippen LogP contribution in [0, 0.1) is 0 Å². The van der Waals surface area contributed by atoms with Gasteiger partial charge in [-0.15, -0.1) is 0 Å². The van der Waals surface area contributed by atoms with Gasteiger partial charge in [0, 0.05) is 18.8 Å². The predicted molar refractivity (Wildman–Crippen MR) is 63.9 cm³/mol. The molecule has 16 heavy (non-hydrogen) atoms. The number of amides is 1. The number of hydrogen-bond acceptors (Lipinski definition) is 4. The minimum atomic E-state index is -0.0569. The van der Waals surface area contributed by atoms with Crippen molar-refractivity contribution in [1.82, 2.24) is 9.88 Å². The van der Waals surface area contributed by atoms with Crippen LogP contribution in [0.15, 0.2) is 18.3 Å². The van der Waals surface area contributed by atoms with E-state index in [1.165, 1.54) is 0 Å². The van der Waals surface area contributed by atoms with Crippen LogP contribution in [0.1, 0.15) is 31.1 Å². The van der Waals surface area contributed by atoms with Gasteiger partial charge in [-0.25, -0.2) is 10.8 Å². The Morgan fingerprint density at radius 1 is 1.62 bits per heavy atom. The molecule has 0 aliphatic carbocycles. The molecule has 3 N–H and O–H groups in total. The first-order valence-corrected chi connectivity index (χ1v) is 5.34. The second kappa shape index (κ2) is 5.46. The summed E-state index contributed by atoms with van der Waals surface area (Å²) in [4.78, 5) is 18.0. The minimum absolute atomic E-state index is 0.0569. The summed E-state index contributed by atoms with van der Waals surface area (Å²) in [7, 11) is 0. The van der Waals surface area contributed by atoms with Gasteiger partial charge in [0.2, 0.25) is 0 Å². The molecule has 1 rings (SSSR count). The Morgan fingerprint density at radius 2 is 2.31 bits per heavy atom. The highest BCUT2D eigenvalue weighted by molar-refractivity contribution is 5.98. The molecule has 0 aromatic carbocycles. The number of nitrogens with zero attached hydrogens (tertiary/aromatic N) is 2. The minimum Gasteiger partial charge on any atom is -0.336 e. The fraction of sp³-hybridized carbons (Fsp3) is 0.455. The van der Waals surface area contributed by atoms with Gasteiger partial charge in [-0.3, -0.25) is 4.79 Å². The van der Waals surface area contributed by atoms with E-state index in [1.54, 1.807) is 23.2 Å².